The number of aliphatic hydroxyl groups excluding tert-OH is 1. The van der Waals surface area contributed by atoms with Gasteiger partial charge in [0.15, 0.2) is 0 Å². The van der Waals surface area contributed by atoms with Crippen LogP contribution < -0.4 is 0 Å². The zero-order valence-electron chi connectivity index (χ0n) is 21.5. The minimum atomic E-state index is -1.67. The molecule has 9 heteroatoms. The molecule has 198 valence electrons. The topological polar surface area (TPSA) is 118 Å². The molecule has 35 heavy (non-hydrogen) atoms. The fraction of sp³-hybridized carbons (Fsp3) is 0.962. The van der Waals surface area contributed by atoms with Gasteiger partial charge in [-0.2, -0.15) is 0 Å². The van der Waals surface area contributed by atoms with Gasteiger partial charge in [0, 0.05) is 69.8 Å². The quantitative estimate of drug-likeness (QED) is 0.444. The summed E-state index contributed by atoms with van der Waals surface area (Å²) in [4.78, 5) is 14.3. The first-order valence-corrected chi connectivity index (χ1v) is 13.2. The number of likely N-dealkylation sites (tertiary alicyclic amines) is 1. The standard InChI is InChI=1S/C26H41NO8/c1-6-27-11-23(12-32-3)8-7-17(29)25-15-9-14-16(35-13(2)28)10-24(30,18(15)19(14)33-4)26(31,22(25)27)21(34-5)20(23)25/h14-22,29-31H,6-12H2,1-5H3/t14-,15-,16+,17+,18-,19+,20-,21+,22?,23+,24-,25+,26-/m1/s1. The number of methoxy groups -OCH3 is 3. The van der Waals surface area contributed by atoms with E-state index in [4.69, 9.17) is 18.9 Å². The van der Waals surface area contributed by atoms with Crippen molar-refractivity contribution in [3.63, 3.8) is 0 Å². The highest BCUT2D eigenvalue weighted by atomic mass is 16.6. The lowest BCUT2D eigenvalue weighted by Crippen LogP contribution is -2.82. The molecular formula is C26H41NO8. The van der Waals surface area contributed by atoms with Gasteiger partial charge in [0.05, 0.1) is 31.0 Å². The number of carbonyl (C=O) groups is 1. The minimum Gasteiger partial charge on any atom is -0.462 e. The average molecular weight is 496 g/mol. The third-order valence-corrected chi connectivity index (χ3v) is 11.5. The highest BCUT2D eigenvalue weighted by Gasteiger charge is 2.91. The number of aliphatic hydroxyl groups is 3. The van der Waals surface area contributed by atoms with Crippen molar-refractivity contribution < 1.29 is 39.1 Å². The van der Waals surface area contributed by atoms with Gasteiger partial charge in [0.2, 0.25) is 0 Å². The molecule has 13 atom stereocenters. The minimum absolute atomic E-state index is 0.0979. The number of piperidine rings is 1. The number of rotatable bonds is 6. The fourth-order valence-corrected chi connectivity index (χ4v) is 11.1. The van der Waals surface area contributed by atoms with Gasteiger partial charge in [-0.1, -0.05) is 6.92 Å². The second-order valence-corrected chi connectivity index (χ2v) is 12.3. The second kappa shape index (κ2) is 7.62. The molecule has 1 spiro atoms. The molecule has 7 bridgehead atoms. The molecule has 6 aliphatic rings. The van der Waals surface area contributed by atoms with E-state index in [-0.39, 0.29) is 35.7 Å². The normalized spacial score (nSPS) is 57.9. The van der Waals surface area contributed by atoms with E-state index < -0.39 is 52.9 Å². The summed E-state index contributed by atoms with van der Waals surface area (Å²) < 4.78 is 23.8. The number of nitrogens with zero attached hydrogens (tertiary/aromatic N) is 1. The van der Waals surface area contributed by atoms with Crippen molar-refractivity contribution in [1.29, 1.82) is 0 Å². The van der Waals surface area contributed by atoms with Gasteiger partial charge in [-0.3, -0.25) is 9.69 Å². The van der Waals surface area contributed by atoms with Crippen molar-refractivity contribution in [1.82, 2.24) is 4.90 Å². The van der Waals surface area contributed by atoms with E-state index in [9.17, 15) is 20.1 Å². The van der Waals surface area contributed by atoms with Crippen molar-refractivity contribution in [3.05, 3.63) is 0 Å². The van der Waals surface area contributed by atoms with Crippen molar-refractivity contribution in [2.45, 2.75) is 81.2 Å². The number of esters is 1. The van der Waals surface area contributed by atoms with Crippen molar-refractivity contribution in [2.75, 3.05) is 41.0 Å². The lowest BCUT2D eigenvalue weighted by molar-refractivity contribution is -0.318. The molecule has 0 aromatic heterocycles. The van der Waals surface area contributed by atoms with Crippen LogP contribution in [0.5, 0.6) is 0 Å². The third kappa shape index (κ3) is 2.48. The maximum absolute atomic E-state index is 13.0. The van der Waals surface area contributed by atoms with Gasteiger partial charge in [0.25, 0.3) is 0 Å². The lowest BCUT2D eigenvalue weighted by atomic mass is 9.42. The van der Waals surface area contributed by atoms with Crippen LogP contribution in [0.2, 0.25) is 0 Å². The molecule has 9 nitrogen and oxygen atoms in total. The molecule has 1 aliphatic heterocycles. The van der Waals surface area contributed by atoms with Crippen LogP contribution in [0.3, 0.4) is 0 Å². The van der Waals surface area contributed by atoms with Gasteiger partial charge in [-0.25, -0.2) is 0 Å². The van der Waals surface area contributed by atoms with E-state index >= 15 is 0 Å². The number of hydrogen-bond acceptors (Lipinski definition) is 9. The molecule has 1 unspecified atom stereocenters. The lowest BCUT2D eigenvalue weighted by Gasteiger charge is -2.69. The Bertz CT molecular complexity index is 903. The molecule has 0 aromatic carbocycles. The third-order valence-electron chi connectivity index (χ3n) is 11.5. The highest BCUT2D eigenvalue weighted by Crippen LogP contribution is 2.80. The van der Waals surface area contributed by atoms with Crippen LogP contribution >= 0.6 is 0 Å². The number of likely N-dealkylation sites (N-methyl/N-ethyl adjacent to an activating group) is 1. The fourth-order valence-electron chi connectivity index (χ4n) is 11.1. The first-order chi connectivity index (χ1) is 16.6. The Morgan fingerprint density at radius 2 is 1.91 bits per heavy atom. The SMILES string of the molecule is CCN1C[C@]2(COC)CC[C@H](O)[C@]34C1[C@](O)([C@@H](OC)[C@H]23)[C@@]1(O)C[C@H](OC(C)=O)[C@H]2C[C@@H]4[C@@H]1[C@H]2OC. The number of ether oxygens (including phenoxy) is 4. The van der Waals surface area contributed by atoms with E-state index in [0.29, 0.717) is 26.0 Å². The van der Waals surface area contributed by atoms with Crippen LogP contribution in [-0.2, 0) is 23.7 Å². The van der Waals surface area contributed by atoms with Crippen molar-refractivity contribution in [2.24, 2.45) is 34.5 Å². The van der Waals surface area contributed by atoms with E-state index in [2.05, 4.69) is 11.8 Å². The Labute approximate surface area is 207 Å². The first kappa shape index (κ1) is 24.5. The summed E-state index contributed by atoms with van der Waals surface area (Å²) in [5, 5.41) is 37.7. The number of hydrogen-bond donors (Lipinski definition) is 3. The molecular weight excluding hydrogens is 454 g/mol. The number of fused-ring (bicyclic) bond motifs is 2. The van der Waals surface area contributed by atoms with Crippen molar-refractivity contribution >= 4 is 5.97 Å². The smallest absolute Gasteiger partial charge is 0.302 e. The second-order valence-electron chi connectivity index (χ2n) is 12.3. The molecule has 1 saturated heterocycles. The maximum atomic E-state index is 13.0. The summed E-state index contributed by atoms with van der Waals surface area (Å²) in [5.74, 6) is -1.18. The summed E-state index contributed by atoms with van der Waals surface area (Å²) in [7, 11) is 4.95. The molecule has 5 saturated carbocycles. The molecule has 0 aromatic rings. The Balaban J connectivity index is 1.64. The van der Waals surface area contributed by atoms with E-state index in [1.165, 1.54) is 6.92 Å². The zero-order chi connectivity index (χ0) is 25.1. The molecule has 1 heterocycles. The monoisotopic (exact) mass is 495 g/mol. The van der Waals surface area contributed by atoms with E-state index in [1.807, 2.05) is 0 Å². The van der Waals surface area contributed by atoms with Crippen LogP contribution in [0.4, 0.5) is 0 Å². The van der Waals surface area contributed by atoms with Gasteiger partial charge in [-0.15, -0.1) is 0 Å². The van der Waals surface area contributed by atoms with Crippen LogP contribution in [-0.4, -0.2) is 109 Å². The van der Waals surface area contributed by atoms with Crippen LogP contribution in [0, 0.1) is 34.5 Å². The van der Waals surface area contributed by atoms with Gasteiger partial charge in [0.1, 0.15) is 17.3 Å². The average Bonchev–Trinajstić information content (AvgIpc) is 3.24. The molecule has 0 amide bonds. The summed E-state index contributed by atoms with van der Waals surface area (Å²) in [6, 6.07) is -0.478. The van der Waals surface area contributed by atoms with Gasteiger partial charge >= 0.3 is 5.97 Å². The van der Waals surface area contributed by atoms with Gasteiger partial charge < -0.3 is 34.3 Å². The number of carbonyl (C=O) groups excluding carboxylic acids is 1. The van der Waals surface area contributed by atoms with Crippen molar-refractivity contribution in [3.8, 4) is 0 Å². The predicted octanol–water partition coefficient (Wildman–Crippen LogP) is 0.188. The van der Waals surface area contributed by atoms with Crippen LogP contribution in [0.15, 0.2) is 0 Å². The Kier molecular flexibility index (Phi) is 5.34. The molecule has 6 fully saturated rings. The molecule has 0 radical (unpaired) electrons. The van der Waals surface area contributed by atoms with E-state index in [1.54, 1.807) is 21.3 Å². The van der Waals surface area contributed by atoms with Crippen LogP contribution in [0.25, 0.3) is 0 Å². The maximum Gasteiger partial charge on any atom is 0.302 e. The summed E-state index contributed by atoms with van der Waals surface area (Å²) in [5.41, 5.74) is -4.27. The summed E-state index contributed by atoms with van der Waals surface area (Å²) in [6.45, 7) is 5.36. The highest BCUT2D eigenvalue weighted by molar-refractivity contribution is 5.66. The van der Waals surface area contributed by atoms with Crippen LogP contribution in [0.1, 0.15) is 39.5 Å². The Morgan fingerprint density at radius 3 is 2.51 bits per heavy atom. The zero-order valence-corrected chi connectivity index (χ0v) is 21.5. The molecule has 3 N–H and O–H groups in total. The Morgan fingerprint density at radius 1 is 1.17 bits per heavy atom. The first-order valence-electron chi connectivity index (χ1n) is 13.2. The molecule has 6 rings (SSSR count). The van der Waals surface area contributed by atoms with E-state index in [0.717, 1.165) is 13.0 Å². The Hall–Kier alpha value is -0.810. The van der Waals surface area contributed by atoms with Gasteiger partial charge in [-0.05, 0) is 31.7 Å². The summed E-state index contributed by atoms with van der Waals surface area (Å²) >= 11 is 0. The summed E-state index contributed by atoms with van der Waals surface area (Å²) in [6.07, 6.45) is -0.100. The largest absolute Gasteiger partial charge is 0.462 e. The molecule has 5 aliphatic carbocycles. The predicted molar refractivity (Wildman–Crippen MR) is 123 cm³/mol.